The van der Waals surface area contributed by atoms with Gasteiger partial charge in [0.1, 0.15) is 12.4 Å². The molecule has 0 bridgehead atoms. The molecule has 0 aromatic heterocycles. The van der Waals surface area contributed by atoms with Gasteiger partial charge in [0, 0.05) is 18.7 Å². The number of aliphatic carboxylic acids is 1. The number of amides is 1. The molecule has 0 aliphatic carbocycles. The highest BCUT2D eigenvalue weighted by atomic mass is 16.5. The lowest BCUT2D eigenvalue weighted by Crippen LogP contribution is -2.48. The average molecular weight is 335 g/mol. The molecular weight excluding hydrogens is 314 g/mol. The first-order valence-corrected chi connectivity index (χ1v) is 8.11. The Kier molecular flexibility index (Phi) is 5.32. The third-order valence-electron chi connectivity index (χ3n) is 4.19. The summed E-state index contributed by atoms with van der Waals surface area (Å²) in [6, 6.07) is 6.88. The molecule has 2 atom stereocenters. The molecule has 2 heterocycles. The van der Waals surface area contributed by atoms with Gasteiger partial charge >= 0.3 is 5.97 Å². The van der Waals surface area contributed by atoms with E-state index >= 15 is 0 Å². The number of hydrogen-bond acceptors (Lipinski definition) is 5. The van der Waals surface area contributed by atoms with Crippen molar-refractivity contribution >= 4 is 11.9 Å². The van der Waals surface area contributed by atoms with Gasteiger partial charge in [0.05, 0.1) is 19.3 Å². The number of rotatable bonds is 5. The van der Waals surface area contributed by atoms with E-state index in [9.17, 15) is 9.59 Å². The van der Waals surface area contributed by atoms with E-state index in [0.717, 1.165) is 19.4 Å². The summed E-state index contributed by atoms with van der Waals surface area (Å²) in [7, 11) is 0. The van der Waals surface area contributed by atoms with Crippen LogP contribution in [0.25, 0.3) is 0 Å². The fourth-order valence-corrected chi connectivity index (χ4v) is 2.82. The molecule has 1 N–H and O–H groups in total. The number of nitrogens with zero attached hydrogens (tertiary/aromatic N) is 1. The normalized spacial score (nSPS) is 23.9. The molecule has 3 rings (SSSR count). The number of carbonyl (C=O) groups excluding carboxylic acids is 1. The zero-order chi connectivity index (χ0) is 16.9. The molecule has 2 fully saturated rings. The fraction of sp³-hybridized carbons (Fsp3) is 0.529. The van der Waals surface area contributed by atoms with Gasteiger partial charge in [0.2, 0.25) is 0 Å². The molecule has 7 nitrogen and oxygen atoms in total. The summed E-state index contributed by atoms with van der Waals surface area (Å²) < 4.78 is 16.3. The van der Waals surface area contributed by atoms with Crippen LogP contribution in [0, 0.1) is 0 Å². The lowest BCUT2D eigenvalue weighted by Gasteiger charge is -2.30. The predicted molar refractivity (Wildman–Crippen MR) is 84.2 cm³/mol. The highest BCUT2D eigenvalue weighted by Gasteiger charge is 2.29. The van der Waals surface area contributed by atoms with Crippen molar-refractivity contribution in [2.75, 3.05) is 32.9 Å². The van der Waals surface area contributed by atoms with E-state index in [1.165, 1.54) is 4.90 Å². The van der Waals surface area contributed by atoms with Gasteiger partial charge < -0.3 is 24.2 Å². The second-order valence-corrected chi connectivity index (χ2v) is 5.92. The van der Waals surface area contributed by atoms with Crippen LogP contribution in [-0.4, -0.2) is 67.0 Å². The quantitative estimate of drug-likeness (QED) is 0.869. The third-order valence-corrected chi connectivity index (χ3v) is 4.19. The van der Waals surface area contributed by atoms with Gasteiger partial charge in [-0.3, -0.25) is 4.79 Å². The molecular formula is C17H21NO6. The smallest absolute Gasteiger partial charge is 0.334 e. The molecule has 7 heteroatoms. The van der Waals surface area contributed by atoms with E-state index in [1.807, 2.05) is 0 Å². The maximum absolute atomic E-state index is 12.5. The lowest BCUT2D eigenvalue weighted by atomic mass is 10.1. The molecule has 1 amide bonds. The van der Waals surface area contributed by atoms with Crippen molar-refractivity contribution in [3.8, 4) is 5.75 Å². The number of carboxylic acids is 1. The van der Waals surface area contributed by atoms with Crippen molar-refractivity contribution in [1.82, 2.24) is 4.90 Å². The first-order chi connectivity index (χ1) is 11.6. The van der Waals surface area contributed by atoms with E-state index in [0.29, 0.717) is 24.5 Å². The van der Waals surface area contributed by atoms with Crippen molar-refractivity contribution in [3.05, 3.63) is 29.8 Å². The number of carboxylic acid groups (broad SMARTS) is 1. The van der Waals surface area contributed by atoms with Crippen LogP contribution in [0.4, 0.5) is 0 Å². The molecule has 130 valence electrons. The van der Waals surface area contributed by atoms with Gasteiger partial charge in [-0.25, -0.2) is 4.79 Å². The Morgan fingerprint density at radius 1 is 1.21 bits per heavy atom. The van der Waals surface area contributed by atoms with Crippen LogP contribution in [-0.2, 0) is 14.3 Å². The zero-order valence-electron chi connectivity index (χ0n) is 13.3. The summed E-state index contributed by atoms with van der Waals surface area (Å²) in [5, 5.41) is 9.00. The summed E-state index contributed by atoms with van der Waals surface area (Å²) in [5.74, 6) is -0.562. The largest absolute Gasteiger partial charge is 0.491 e. The maximum Gasteiger partial charge on any atom is 0.334 e. The molecule has 2 unspecified atom stereocenters. The molecule has 1 aromatic rings. The van der Waals surface area contributed by atoms with Crippen LogP contribution < -0.4 is 4.74 Å². The summed E-state index contributed by atoms with van der Waals surface area (Å²) in [5.41, 5.74) is 0.505. The third kappa shape index (κ3) is 4.04. The Labute approximate surface area is 140 Å². The summed E-state index contributed by atoms with van der Waals surface area (Å²) in [6.45, 7) is 1.98. The Bertz CT molecular complexity index is 581. The van der Waals surface area contributed by atoms with Gasteiger partial charge in [0.25, 0.3) is 5.91 Å². The fourth-order valence-electron chi connectivity index (χ4n) is 2.82. The highest BCUT2D eigenvalue weighted by Crippen LogP contribution is 2.18. The number of hydrogen-bond donors (Lipinski definition) is 1. The topological polar surface area (TPSA) is 85.3 Å². The van der Waals surface area contributed by atoms with Crippen LogP contribution in [0.5, 0.6) is 5.75 Å². The second kappa shape index (κ2) is 7.63. The van der Waals surface area contributed by atoms with Crippen LogP contribution in [0.1, 0.15) is 23.2 Å². The molecule has 0 spiro atoms. The molecule has 2 aliphatic rings. The number of benzene rings is 1. The Hall–Kier alpha value is -2.12. The Morgan fingerprint density at radius 3 is 2.67 bits per heavy atom. The van der Waals surface area contributed by atoms with Gasteiger partial charge in [-0.15, -0.1) is 0 Å². The van der Waals surface area contributed by atoms with Gasteiger partial charge in [-0.2, -0.15) is 0 Å². The van der Waals surface area contributed by atoms with Crippen LogP contribution in [0.15, 0.2) is 24.3 Å². The number of morpholine rings is 1. The average Bonchev–Trinajstić information content (AvgIpc) is 3.13. The maximum atomic E-state index is 12.5. The minimum atomic E-state index is -1.05. The first kappa shape index (κ1) is 16.7. The van der Waals surface area contributed by atoms with Crippen LogP contribution in [0.3, 0.4) is 0 Å². The summed E-state index contributed by atoms with van der Waals surface area (Å²) >= 11 is 0. The van der Waals surface area contributed by atoms with Crippen molar-refractivity contribution in [2.45, 2.75) is 25.0 Å². The number of carbonyl (C=O) groups is 2. The van der Waals surface area contributed by atoms with E-state index in [2.05, 4.69) is 0 Å². The standard InChI is InChI=1S/C17H21NO6/c19-16(18-7-9-23-15(10-18)17(20)21)12-3-5-13(6-4-12)24-11-14-2-1-8-22-14/h3-6,14-15H,1-2,7-11H2,(H,20,21). The zero-order valence-corrected chi connectivity index (χ0v) is 13.3. The molecule has 0 radical (unpaired) electrons. The summed E-state index contributed by atoms with van der Waals surface area (Å²) in [6.07, 6.45) is 1.26. The summed E-state index contributed by atoms with van der Waals surface area (Å²) in [4.78, 5) is 25.0. The van der Waals surface area contributed by atoms with Crippen molar-refractivity contribution < 1.29 is 28.9 Å². The molecule has 24 heavy (non-hydrogen) atoms. The first-order valence-electron chi connectivity index (χ1n) is 8.11. The Balaban J connectivity index is 1.56. The van der Waals surface area contributed by atoms with E-state index in [1.54, 1.807) is 24.3 Å². The number of ether oxygens (including phenoxy) is 3. The van der Waals surface area contributed by atoms with Gasteiger partial charge in [-0.05, 0) is 37.1 Å². The van der Waals surface area contributed by atoms with Gasteiger partial charge in [0.15, 0.2) is 6.10 Å². The van der Waals surface area contributed by atoms with E-state index in [-0.39, 0.29) is 25.2 Å². The SMILES string of the molecule is O=C(O)C1CN(C(=O)c2ccc(OCC3CCCO3)cc2)CCO1. The van der Waals surface area contributed by atoms with Crippen LogP contribution >= 0.6 is 0 Å². The lowest BCUT2D eigenvalue weighted by molar-refractivity contribution is -0.154. The monoisotopic (exact) mass is 335 g/mol. The van der Waals surface area contributed by atoms with E-state index in [4.69, 9.17) is 19.3 Å². The van der Waals surface area contributed by atoms with Crippen molar-refractivity contribution in [2.24, 2.45) is 0 Å². The van der Waals surface area contributed by atoms with E-state index < -0.39 is 12.1 Å². The molecule has 2 saturated heterocycles. The second-order valence-electron chi connectivity index (χ2n) is 5.92. The Morgan fingerprint density at radius 2 is 2.00 bits per heavy atom. The molecule has 1 aromatic carbocycles. The highest BCUT2D eigenvalue weighted by molar-refractivity contribution is 5.94. The van der Waals surface area contributed by atoms with Crippen molar-refractivity contribution in [3.63, 3.8) is 0 Å². The molecule has 2 aliphatic heterocycles. The minimum absolute atomic E-state index is 0.0609. The van der Waals surface area contributed by atoms with Crippen LogP contribution in [0.2, 0.25) is 0 Å². The molecule has 0 saturated carbocycles. The predicted octanol–water partition coefficient (Wildman–Crippen LogP) is 1.17. The minimum Gasteiger partial charge on any atom is -0.491 e. The van der Waals surface area contributed by atoms with Crippen molar-refractivity contribution in [1.29, 1.82) is 0 Å². The van der Waals surface area contributed by atoms with Gasteiger partial charge in [-0.1, -0.05) is 0 Å².